The van der Waals surface area contributed by atoms with Gasteiger partial charge in [0.1, 0.15) is 0 Å². The quantitative estimate of drug-likeness (QED) is 0.835. The van der Waals surface area contributed by atoms with E-state index in [1.807, 2.05) is 0 Å². The number of hydrogen-bond acceptors (Lipinski definition) is 2. The van der Waals surface area contributed by atoms with Crippen LogP contribution in [0.15, 0.2) is 18.2 Å². The summed E-state index contributed by atoms with van der Waals surface area (Å²) in [7, 11) is 0. The number of amides is 2. The van der Waals surface area contributed by atoms with E-state index in [0.29, 0.717) is 35.2 Å². The van der Waals surface area contributed by atoms with Gasteiger partial charge in [-0.25, -0.2) is 4.79 Å². The molecule has 1 unspecified atom stereocenters. The fraction of sp³-hybridized carbons (Fsp3) is 0.417. The van der Waals surface area contributed by atoms with Gasteiger partial charge in [0.05, 0.1) is 12.1 Å². The number of nitrogens with one attached hydrogen (secondary N) is 1. The average molecular weight is 289 g/mol. The Kier molecular flexibility index (Phi) is 3.71. The molecule has 18 heavy (non-hydrogen) atoms. The second-order valence-corrected chi connectivity index (χ2v) is 5.63. The number of rotatable bonds is 1. The van der Waals surface area contributed by atoms with Gasteiger partial charge in [0.15, 0.2) is 0 Å². The van der Waals surface area contributed by atoms with Crippen molar-refractivity contribution in [1.29, 1.82) is 0 Å². The van der Waals surface area contributed by atoms with Crippen molar-refractivity contribution >= 4 is 34.9 Å². The van der Waals surface area contributed by atoms with Crippen molar-refractivity contribution in [3.63, 3.8) is 0 Å². The molecular weight excluding hydrogens is 275 g/mol. The molecule has 0 bridgehead atoms. The molecule has 0 aromatic heterocycles. The third-order valence-electron chi connectivity index (χ3n) is 2.85. The number of likely N-dealkylation sites (tertiary alicyclic amines) is 1. The van der Waals surface area contributed by atoms with Crippen LogP contribution in [0.3, 0.4) is 0 Å². The van der Waals surface area contributed by atoms with E-state index in [9.17, 15) is 9.90 Å². The average Bonchev–Trinajstić information content (AvgIpc) is 2.57. The lowest BCUT2D eigenvalue weighted by Crippen LogP contribution is -2.36. The van der Waals surface area contributed by atoms with Crippen LogP contribution < -0.4 is 5.32 Å². The van der Waals surface area contributed by atoms with E-state index >= 15 is 0 Å². The summed E-state index contributed by atoms with van der Waals surface area (Å²) in [6, 6.07) is 4.59. The summed E-state index contributed by atoms with van der Waals surface area (Å²) in [5.41, 5.74) is -0.257. The van der Waals surface area contributed by atoms with Crippen molar-refractivity contribution in [1.82, 2.24) is 4.90 Å². The molecule has 98 valence electrons. The number of halogens is 2. The lowest BCUT2D eigenvalue weighted by Gasteiger charge is -2.19. The SMILES string of the molecule is CC1(O)CCN(C(=O)Nc2cc(Cl)cc(Cl)c2)C1. The Bertz CT molecular complexity index is 457. The van der Waals surface area contributed by atoms with Crippen LogP contribution in [0.5, 0.6) is 0 Å². The second kappa shape index (κ2) is 4.96. The zero-order valence-corrected chi connectivity index (χ0v) is 11.4. The van der Waals surface area contributed by atoms with Gasteiger partial charge in [0, 0.05) is 22.3 Å². The number of aliphatic hydroxyl groups is 1. The van der Waals surface area contributed by atoms with Crippen molar-refractivity contribution in [3.05, 3.63) is 28.2 Å². The molecule has 1 atom stereocenters. The van der Waals surface area contributed by atoms with Crippen molar-refractivity contribution in [3.8, 4) is 0 Å². The van der Waals surface area contributed by atoms with Gasteiger partial charge in [-0.05, 0) is 31.5 Å². The maximum atomic E-state index is 11.9. The molecule has 0 spiro atoms. The van der Waals surface area contributed by atoms with Crippen LogP contribution in [0.1, 0.15) is 13.3 Å². The summed E-state index contributed by atoms with van der Waals surface area (Å²) in [4.78, 5) is 13.5. The topological polar surface area (TPSA) is 52.6 Å². The molecule has 0 radical (unpaired) electrons. The number of benzene rings is 1. The van der Waals surface area contributed by atoms with Crippen LogP contribution in [-0.2, 0) is 0 Å². The molecule has 0 saturated carbocycles. The van der Waals surface area contributed by atoms with Crippen molar-refractivity contribution in [2.24, 2.45) is 0 Å². The van der Waals surface area contributed by atoms with E-state index in [-0.39, 0.29) is 6.03 Å². The summed E-state index contributed by atoms with van der Waals surface area (Å²) in [6.45, 7) is 2.58. The minimum absolute atomic E-state index is 0.258. The number of urea groups is 1. The Hall–Kier alpha value is -0.970. The first-order valence-electron chi connectivity index (χ1n) is 5.60. The first-order valence-corrected chi connectivity index (χ1v) is 6.36. The highest BCUT2D eigenvalue weighted by molar-refractivity contribution is 6.35. The normalized spacial score (nSPS) is 23.2. The zero-order valence-electron chi connectivity index (χ0n) is 9.91. The number of hydrogen-bond donors (Lipinski definition) is 2. The first kappa shape index (κ1) is 13.5. The molecule has 1 aliphatic rings. The van der Waals surface area contributed by atoms with E-state index in [4.69, 9.17) is 23.2 Å². The van der Waals surface area contributed by atoms with Gasteiger partial charge in [-0.15, -0.1) is 0 Å². The second-order valence-electron chi connectivity index (χ2n) is 4.76. The summed E-state index contributed by atoms with van der Waals surface area (Å²) < 4.78 is 0. The minimum Gasteiger partial charge on any atom is -0.388 e. The number of β-amino-alcohol motifs (C(OH)–C–C–N with tert-alkyl or cyclic N) is 1. The van der Waals surface area contributed by atoms with Crippen LogP contribution in [0.2, 0.25) is 10.0 Å². The molecule has 4 nitrogen and oxygen atoms in total. The van der Waals surface area contributed by atoms with E-state index in [1.165, 1.54) is 0 Å². The maximum absolute atomic E-state index is 11.9. The predicted molar refractivity (Wildman–Crippen MR) is 72.3 cm³/mol. The van der Waals surface area contributed by atoms with Gasteiger partial charge in [-0.3, -0.25) is 0 Å². The number of carbonyl (C=O) groups excluding carboxylic acids is 1. The zero-order chi connectivity index (χ0) is 13.3. The molecule has 1 fully saturated rings. The molecule has 2 amide bonds. The summed E-state index contributed by atoms with van der Waals surface area (Å²) in [6.07, 6.45) is 0.580. The van der Waals surface area contributed by atoms with Crippen LogP contribution >= 0.6 is 23.2 Å². The predicted octanol–water partition coefficient (Wildman–Crippen LogP) is 2.98. The highest BCUT2D eigenvalue weighted by Gasteiger charge is 2.33. The number of nitrogens with zero attached hydrogens (tertiary/aromatic N) is 1. The van der Waals surface area contributed by atoms with Crippen molar-refractivity contribution in [2.75, 3.05) is 18.4 Å². The molecule has 1 aliphatic heterocycles. The Morgan fingerprint density at radius 1 is 1.39 bits per heavy atom. The van der Waals surface area contributed by atoms with Gasteiger partial charge in [-0.2, -0.15) is 0 Å². The van der Waals surface area contributed by atoms with E-state index in [2.05, 4.69) is 5.32 Å². The number of carbonyl (C=O) groups is 1. The molecule has 6 heteroatoms. The van der Waals surface area contributed by atoms with E-state index in [1.54, 1.807) is 30.0 Å². The van der Waals surface area contributed by atoms with Crippen molar-refractivity contribution < 1.29 is 9.90 Å². The van der Waals surface area contributed by atoms with Crippen LogP contribution in [0.4, 0.5) is 10.5 Å². The summed E-state index contributed by atoms with van der Waals surface area (Å²) in [5.74, 6) is 0. The number of anilines is 1. The van der Waals surface area contributed by atoms with E-state index < -0.39 is 5.60 Å². The molecular formula is C12H14Cl2N2O2. The van der Waals surface area contributed by atoms with Gasteiger partial charge >= 0.3 is 6.03 Å². The lowest BCUT2D eigenvalue weighted by atomic mass is 10.1. The first-order chi connectivity index (χ1) is 8.35. The van der Waals surface area contributed by atoms with Gasteiger partial charge in [0.2, 0.25) is 0 Å². The molecule has 1 saturated heterocycles. The smallest absolute Gasteiger partial charge is 0.321 e. The summed E-state index contributed by atoms with van der Waals surface area (Å²) in [5, 5.41) is 13.4. The lowest BCUT2D eigenvalue weighted by molar-refractivity contribution is 0.0727. The molecule has 1 aromatic carbocycles. The molecule has 1 aromatic rings. The Balaban J connectivity index is 2.03. The van der Waals surface area contributed by atoms with Gasteiger partial charge in [0.25, 0.3) is 0 Å². The van der Waals surface area contributed by atoms with Crippen molar-refractivity contribution in [2.45, 2.75) is 18.9 Å². The third kappa shape index (κ3) is 3.28. The molecule has 2 N–H and O–H groups in total. The fourth-order valence-electron chi connectivity index (χ4n) is 1.95. The van der Waals surface area contributed by atoms with Crippen LogP contribution in [0.25, 0.3) is 0 Å². The Morgan fingerprint density at radius 3 is 2.50 bits per heavy atom. The largest absolute Gasteiger partial charge is 0.388 e. The van der Waals surface area contributed by atoms with Gasteiger partial charge < -0.3 is 15.3 Å². The molecule has 2 rings (SSSR count). The maximum Gasteiger partial charge on any atom is 0.321 e. The standard InChI is InChI=1S/C12H14Cl2N2O2/c1-12(18)2-3-16(7-12)11(17)15-10-5-8(13)4-9(14)6-10/h4-6,18H,2-3,7H2,1H3,(H,15,17). The Morgan fingerprint density at radius 2 is 2.00 bits per heavy atom. The van der Waals surface area contributed by atoms with Gasteiger partial charge in [-0.1, -0.05) is 23.2 Å². The molecule has 0 aliphatic carbocycles. The van der Waals surface area contributed by atoms with Crippen LogP contribution in [-0.4, -0.2) is 34.7 Å². The Labute approximate surface area is 115 Å². The highest BCUT2D eigenvalue weighted by atomic mass is 35.5. The van der Waals surface area contributed by atoms with Crippen LogP contribution in [0, 0.1) is 0 Å². The highest BCUT2D eigenvalue weighted by Crippen LogP contribution is 2.24. The third-order valence-corrected chi connectivity index (χ3v) is 3.29. The fourth-order valence-corrected chi connectivity index (χ4v) is 2.47. The van der Waals surface area contributed by atoms with E-state index in [0.717, 1.165) is 0 Å². The minimum atomic E-state index is -0.802. The summed E-state index contributed by atoms with van der Waals surface area (Å²) >= 11 is 11.7. The monoisotopic (exact) mass is 288 g/mol. The molecule has 1 heterocycles.